The van der Waals surface area contributed by atoms with Crippen LogP contribution in [0, 0.1) is 5.92 Å². The molecule has 0 unspecified atom stereocenters. The number of aromatic nitrogens is 2. The molecule has 1 aromatic rings. The van der Waals surface area contributed by atoms with Crippen molar-refractivity contribution in [3.8, 4) is 0 Å². The van der Waals surface area contributed by atoms with Crippen molar-refractivity contribution in [1.82, 2.24) is 9.97 Å². The second-order valence-corrected chi connectivity index (χ2v) is 7.29. The number of anilines is 1. The van der Waals surface area contributed by atoms with Gasteiger partial charge >= 0.3 is 0 Å². The molecule has 5 nitrogen and oxygen atoms in total. The minimum Gasteiger partial charge on any atom is -0.396 e. The molecule has 3 aliphatic rings. The molecule has 0 radical (unpaired) electrons. The van der Waals surface area contributed by atoms with Gasteiger partial charge in [-0.15, -0.1) is 0 Å². The van der Waals surface area contributed by atoms with Crippen LogP contribution in [0.25, 0.3) is 0 Å². The van der Waals surface area contributed by atoms with Crippen LogP contribution in [0.1, 0.15) is 51.1 Å². The molecule has 1 aliphatic carbocycles. The molecule has 1 aromatic heterocycles. The largest absolute Gasteiger partial charge is 0.396 e. The van der Waals surface area contributed by atoms with Crippen molar-refractivity contribution < 1.29 is 4.84 Å². The first kappa shape index (κ1) is 15.2. The third-order valence-electron chi connectivity index (χ3n) is 5.19. The van der Waals surface area contributed by atoms with Crippen molar-refractivity contribution in [2.24, 2.45) is 11.1 Å². The van der Waals surface area contributed by atoms with Gasteiger partial charge in [0.25, 0.3) is 0 Å². The molecule has 0 spiro atoms. The Bertz CT molecular complexity index is 601. The van der Waals surface area contributed by atoms with E-state index >= 15 is 0 Å². The van der Waals surface area contributed by atoms with Crippen LogP contribution in [-0.4, -0.2) is 34.4 Å². The number of rotatable bonds is 5. The van der Waals surface area contributed by atoms with Gasteiger partial charge in [0, 0.05) is 24.9 Å². The zero-order valence-corrected chi connectivity index (χ0v) is 14.3. The first-order chi connectivity index (χ1) is 11.3. The Labute approximate surface area is 142 Å². The van der Waals surface area contributed by atoms with E-state index in [0.29, 0.717) is 12.1 Å². The summed E-state index contributed by atoms with van der Waals surface area (Å²) in [6.45, 7) is 2.87. The molecule has 0 aromatic carbocycles. The van der Waals surface area contributed by atoms with Crippen LogP contribution in [0.4, 0.5) is 5.82 Å². The highest BCUT2D eigenvalue weighted by Crippen LogP contribution is 2.40. The summed E-state index contributed by atoms with van der Waals surface area (Å²) >= 11 is 6.54. The van der Waals surface area contributed by atoms with E-state index in [-0.39, 0.29) is 0 Å². The van der Waals surface area contributed by atoms with Gasteiger partial charge in [-0.2, -0.15) is 0 Å². The zero-order valence-electron chi connectivity index (χ0n) is 13.5. The third-order valence-corrected chi connectivity index (χ3v) is 5.57. The number of hydrogen-bond acceptors (Lipinski definition) is 5. The number of halogens is 1. The fourth-order valence-electron chi connectivity index (χ4n) is 3.75. The Morgan fingerprint density at radius 3 is 2.61 bits per heavy atom. The normalized spacial score (nSPS) is 26.5. The van der Waals surface area contributed by atoms with E-state index in [4.69, 9.17) is 16.4 Å². The Morgan fingerprint density at radius 1 is 1.22 bits per heavy atom. The topological polar surface area (TPSA) is 50.6 Å². The van der Waals surface area contributed by atoms with Crippen LogP contribution in [0.2, 0.25) is 5.02 Å². The first-order valence-electron chi connectivity index (χ1n) is 8.71. The molecule has 23 heavy (non-hydrogen) atoms. The predicted octanol–water partition coefficient (Wildman–Crippen LogP) is 3.61. The number of aryl methyl sites for hydroxylation is 1. The minimum atomic E-state index is 0.439. The van der Waals surface area contributed by atoms with Gasteiger partial charge in [0.2, 0.25) is 0 Å². The van der Waals surface area contributed by atoms with Gasteiger partial charge in [-0.25, -0.2) is 9.97 Å². The summed E-state index contributed by atoms with van der Waals surface area (Å²) in [6, 6.07) is 0.878. The van der Waals surface area contributed by atoms with Crippen LogP contribution in [0.15, 0.2) is 11.5 Å². The number of nitrogens with zero attached hydrogens (tertiary/aromatic N) is 4. The van der Waals surface area contributed by atoms with Gasteiger partial charge in [0.1, 0.15) is 18.0 Å². The summed E-state index contributed by atoms with van der Waals surface area (Å²) in [5, 5.41) is 5.13. The van der Waals surface area contributed by atoms with E-state index in [1.54, 1.807) is 6.33 Å². The van der Waals surface area contributed by atoms with Crippen molar-refractivity contribution in [3.05, 3.63) is 17.0 Å². The van der Waals surface area contributed by atoms with Crippen LogP contribution in [-0.2, 0) is 11.3 Å². The molecule has 1 saturated carbocycles. The Morgan fingerprint density at radius 2 is 1.96 bits per heavy atom. The standard InChI is InChI=1S/C17H23ClN4O/c1-2-15-16(18)17(20-10-19-15)22-13-5-6-14(22)8-12(7-13)21-23-9-11-3-4-11/h10-11,13-14H,2-9H2,1H3/t13-,14-/m0/s1. The molecular formula is C17H23ClN4O. The van der Waals surface area contributed by atoms with E-state index < -0.39 is 0 Å². The molecule has 2 aliphatic heterocycles. The lowest BCUT2D eigenvalue weighted by molar-refractivity contribution is 0.132. The van der Waals surface area contributed by atoms with Crippen molar-refractivity contribution in [1.29, 1.82) is 0 Å². The summed E-state index contributed by atoms with van der Waals surface area (Å²) < 4.78 is 0. The Kier molecular flexibility index (Phi) is 4.14. The monoisotopic (exact) mass is 334 g/mol. The quantitative estimate of drug-likeness (QED) is 0.772. The van der Waals surface area contributed by atoms with E-state index in [1.165, 1.54) is 31.4 Å². The highest BCUT2D eigenvalue weighted by atomic mass is 35.5. The summed E-state index contributed by atoms with van der Waals surface area (Å²) in [5.74, 6) is 1.66. The van der Waals surface area contributed by atoms with Crippen molar-refractivity contribution in [3.63, 3.8) is 0 Å². The van der Waals surface area contributed by atoms with Crippen molar-refractivity contribution in [2.45, 2.75) is 64.0 Å². The Hall–Kier alpha value is -1.36. The van der Waals surface area contributed by atoms with Crippen molar-refractivity contribution >= 4 is 23.1 Å². The lowest BCUT2D eigenvalue weighted by Gasteiger charge is -2.36. The van der Waals surface area contributed by atoms with Crippen LogP contribution < -0.4 is 4.90 Å². The second-order valence-electron chi connectivity index (χ2n) is 6.91. The number of oxime groups is 1. The number of fused-ring (bicyclic) bond motifs is 2. The highest BCUT2D eigenvalue weighted by molar-refractivity contribution is 6.33. The molecular weight excluding hydrogens is 312 g/mol. The third kappa shape index (κ3) is 3.03. The average molecular weight is 335 g/mol. The SMILES string of the molecule is CCc1ncnc(N2[C@H]3CC[C@H]2CC(=NOCC2CC2)C3)c1Cl. The predicted molar refractivity (Wildman–Crippen MR) is 91.1 cm³/mol. The van der Waals surface area contributed by atoms with Crippen LogP contribution in [0.3, 0.4) is 0 Å². The fourth-order valence-corrected chi connectivity index (χ4v) is 4.08. The van der Waals surface area contributed by atoms with Gasteiger partial charge in [-0.1, -0.05) is 23.7 Å². The smallest absolute Gasteiger partial charge is 0.151 e. The van der Waals surface area contributed by atoms with E-state index in [2.05, 4.69) is 26.9 Å². The maximum atomic E-state index is 6.54. The van der Waals surface area contributed by atoms with Gasteiger partial charge in [0.05, 0.1) is 11.4 Å². The van der Waals surface area contributed by atoms with Crippen LogP contribution >= 0.6 is 11.6 Å². The first-order valence-corrected chi connectivity index (χ1v) is 9.09. The minimum absolute atomic E-state index is 0.439. The number of piperidine rings is 1. The van der Waals surface area contributed by atoms with Gasteiger partial charge < -0.3 is 9.74 Å². The van der Waals surface area contributed by atoms with Crippen LogP contribution in [0.5, 0.6) is 0 Å². The molecule has 2 bridgehead atoms. The molecule has 3 fully saturated rings. The fraction of sp³-hybridized carbons (Fsp3) is 0.706. The summed E-state index contributed by atoms with van der Waals surface area (Å²) in [7, 11) is 0. The highest BCUT2D eigenvalue weighted by Gasteiger charge is 2.41. The molecule has 6 heteroatoms. The average Bonchev–Trinajstić information content (AvgIpc) is 3.33. The summed E-state index contributed by atoms with van der Waals surface area (Å²) in [5.41, 5.74) is 2.14. The molecule has 2 saturated heterocycles. The van der Waals surface area contributed by atoms with E-state index in [0.717, 1.165) is 48.3 Å². The Balaban J connectivity index is 1.50. The molecule has 3 heterocycles. The maximum Gasteiger partial charge on any atom is 0.151 e. The molecule has 2 atom stereocenters. The molecule has 124 valence electrons. The maximum absolute atomic E-state index is 6.54. The van der Waals surface area contributed by atoms with Gasteiger partial charge in [-0.3, -0.25) is 0 Å². The zero-order chi connectivity index (χ0) is 15.8. The van der Waals surface area contributed by atoms with Gasteiger partial charge in [-0.05, 0) is 38.0 Å². The lowest BCUT2D eigenvalue weighted by Crippen LogP contribution is -2.44. The van der Waals surface area contributed by atoms with Gasteiger partial charge in [0.15, 0.2) is 5.82 Å². The molecule has 0 N–H and O–H groups in total. The number of hydrogen-bond donors (Lipinski definition) is 0. The molecule has 4 rings (SSSR count). The van der Waals surface area contributed by atoms with Crippen molar-refractivity contribution in [2.75, 3.05) is 11.5 Å². The van der Waals surface area contributed by atoms with E-state index in [9.17, 15) is 0 Å². The molecule has 0 amide bonds. The summed E-state index contributed by atoms with van der Waals surface area (Å²) in [4.78, 5) is 16.7. The second kappa shape index (κ2) is 6.27. The summed E-state index contributed by atoms with van der Waals surface area (Å²) in [6.07, 6.45) is 9.35. The van der Waals surface area contributed by atoms with E-state index in [1.807, 2.05) is 0 Å². The lowest BCUT2D eigenvalue weighted by atomic mass is 10.0.